The highest BCUT2D eigenvalue weighted by Crippen LogP contribution is 2.18. The molecule has 0 spiro atoms. The number of hydrogen-bond acceptors (Lipinski definition) is 4. The van der Waals surface area contributed by atoms with Crippen molar-refractivity contribution in [3.63, 3.8) is 0 Å². The Morgan fingerprint density at radius 3 is 2.67 bits per heavy atom. The van der Waals surface area contributed by atoms with Crippen molar-refractivity contribution in [1.82, 2.24) is 4.90 Å². The third kappa shape index (κ3) is 4.49. The predicted octanol–water partition coefficient (Wildman–Crippen LogP) is 0.233. The molecule has 1 aliphatic heterocycles. The average Bonchev–Trinajstić information content (AvgIpc) is 2.14. The molecule has 90 valence electrons. The van der Waals surface area contributed by atoms with Crippen molar-refractivity contribution in [2.45, 2.75) is 38.3 Å². The van der Waals surface area contributed by atoms with Crippen molar-refractivity contribution in [2.24, 2.45) is 5.73 Å². The van der Waals surface area contributed by atoms with Crippen LogP contribution in [0.1, 0.15) is 26.2 Å². The number of hydrogen-bond donors (Lipinski definition) is 1. The fourth-order valence-electron chi connectivity index (χ4n) is 2.17. The number of rotatable bonds is 4. The molecule has 0 aromatic carbocycles. The first-order chi connectivity index (χ1) is 6.90. The van der Waals surface area contributed by atoms with Crippen LogP contribution in [-0.4, -0.2) is 50.5 Å². The average molecular weight is 234 g/mol. The van der Waals surface area contributed by atoms with E-state index in [0.717, 1.165) is 19.4 Å². The van der Waals surface area contributed by atoms with Gasteiger partial charge in [0.15, 0.2) is 0 Å². The number of nitrogens with zero attached hydrogens (tertiary/aromatic N) is 1. The summed E-state index contributed by atoms with van der Waals surface area (Å²) in [5, 5.41) is 0. The lowest BCUT2D eigenvalue weighted by Crippen LogP contribution is -2.50. The van der Waals surface area contributed by atoms with E-state index < -0.39 is 9.84 Å². The molecule has 0 amide bonds. The molecule has 2 atom stereocenters. The van der Waals surface area contributed by atoms with Gasteiger partial charge in [-0.25, -0.2) is 8.42 Å². The second-order valence-electron chi connectivity index (χ2n) is 4.59. The minimum Gasteiger partial charge on any atom is -0.327 e. The smallest absolute Gasteiger partial charge is 0.148 e. The molecule has 0 aliphatic carbocycles. The van der Waals surface area contributed by atoms with E-state index in [1.807, 2.05) is 6.92 Å². The molecular weight excluding hydrogens is 212 g/mol. The van der Waals surface area contributed by atoms with E-state index in [2.05, 4.69) is 4.90 Å². The first-order valence-electron chi connectivity index (χ1n) is 5.57. The Hall–Kier alpha value is -0.130. The summed E-state index contributed by atoms with van der Waals surface area (Å²) < 4.78 is 22.2. The van der Waals surface area contributed by atoms with E-state index >= 15 is 0 Å². The van der Waals surface area contributed by atoms with Gasteiger partial charge in [-0.05, 0) is 26.3 Å². The molecule has 1 aliphatic rings. The Kier molecular flexibility index (Phi) is 4.55. The fraction of sp³-hybridized carbons (Fsp3) is 1.00. The summed E-state index contributed by atoms with van der Waals surface area (Å²) in [4.78, 5) is 2.23. The van der Waals surface area contributed by atoms with Gasteiger partial charge in [0, 0.05) is 24.9 Å². The largest absolute Gasteiger partial charge is 0.327 e. The lowest BCUT2D eigenvalue weighted by Gasteiger charge is -2.37. The van der Waals surface area contributed by atoms with E-state index in [4.69, 9.17) is 5.73 Å². The highest BCUT2D eigenvalue weighted by atomic mass is 32.2. The monoisotopic (exact) mass is 234 g/mol. The molecule has 4 nitrogen and oxygen atoms in total. The molecule has 0 aromatic rings. The van der Waals surface area contributed by atoms with Crippen LogP contribution in [0.2, 0.25) is 0 Å². The van der Waals surface area contributed by atoms with Crippen LogP contribution in [0.3, 0.4) is 0 Å². The zero-order valence-electron chi connectivity index (χ0n) is 9.65. The van der Waals surface area contributed by atoms with E-state index in [9.17, 15) is 8.42 Å². The fourth-order valence-corrected chi connectivity index (χ4v) is 2.74. The lowest BCUT2D eigenvalue weighted by atomic mass is 9.97. The molecule has 2 unspecified atom stereocenters. The van der Waals surface area contributed by atoms with Gasteiger partial charge in [-0.1, -0.05) is 6.42 Å². The predicted molar refractivity (Wildman–Crippen MR) is 62.6 cm³/mol. The molecular formula is C10H22N2O2S. The summed E-state index contributed by atoms with van der Waals surface area (Å²) in [5.74, 6) is 0.246. The number of nitrogens with two attached hydrogens (primary N) is 1. The van der Waals surface area contributed by atoms with Crippen LogP contribution in [0.5, 0.6) is 0 Å². The number of likely N-dealkylation sites (tertiary alicyclic amines) is 1. The molecule has 2 N–H and O–H groups in total. The van der Waals surface area contributed by atoms with Crippen LogP contribution in [0.4, 0.5) is 0 Å². The zero-order valence-corrected chi connectivity index (χ0v) is 10.5. The molecule has 5 heteroatoms. The van der Waals surface area contributed by atoms with Gasteiger partial charge in [0.2, 0.25) is 0 Å². The molecule has 0 aromatic heterocycles. The van der Waals surface area contributed by atoms with Gasteiger partial charge >= 0.3 is 0 Å². The number of sulfone groups is 1. The second-order valence-corrected chi connectivity index (χ2v) is 6.85. The van der Waals surface area contributed by atoms with Gasteiger partial charge in [-0.15, -0.1) is 0 Å². The normalized spacial score (nSPS) is 26.5. The van der Waals surface area contributed by atoms with Crippen LogP contribution >= 0.6 is 0 Å². The van der Waals surface area contributed by atoms with Crippen LogP contribution in [0.25, 0.3) is 0 Å². The summed E-state index contributed by atoms with van der Waals surface area (Å²) in [5.41, 5.74) is 5.91. The van der Waals surface area contributed by atoms with Crippen LogP contribution < -0.4 is 5.73 Å². The maximum Gasteiger partial charge on any atom is 0.148 e. The summed E-state index contributed by atoms with van der Waals surface area (Å²) in [6.07, 6.45) is 4.76. The molecule has 0 bridgehead atoms. The van der Waals surface area contributed by atoms with Crippen molar-refractivity contribution in [1.29, 1.82) is 0 Å². The van der Waals surface area contributed by atoms with Crippen molar-refractivity contribution < 1.29 is 8.42 Å². The Morgan fingerprint density at radius 2 is 2.13 bits per heavy atom. The van der Waals surface area contributed by atoms with E-state index in [1.165, 1.54) is 12.7 Å². The maximum absolute atomic E-state index is 11.1. The van der Waals surface area contributed by atoms with Crippen molar-refractivity contribution in [3.05, 3.63) is 0 Å². The maximum atomic E-state index is 11.1. The van der Waals surface area contributed by atoms with Gasteiger partial charge < -0.3 is 5.73 Å². The van der Waals surface area contributed by atoms with Gasteiger partial charge in [0.1, 0.15) is 9.84 Å². The second kappa shape index (κ2) is 5.27. The highest BCUT2D eigenvalue weighted by Gasteiger charge is 2.25. The summed E-state index contributed by atoms with van der Waals surface area (Å²) in [6.45, 7) is 3.62. The van der Waals surface area contributed by atoms with E-state index in [0.29, 0.717) is 12.6 Å². The molecule has 0 radical (unpaired) electrons. The van der Waals surface area contributed by atoms with Crippen LogP contribution in [-0.2, 0) is 9.84 Å². The Labute approximate surface area is 92.7 Å². The zero-order chi connectivity index (χ0) is 11.5. The third-order valence-corrected chi connectivity index (χ3v) is 3.94. The highest BCUT2D eigenvalue weighted by molar-refractivity contribution is 7.90. The Bertz CT molecular complexity index is 288. The lowest BCUT2D eigenvalue weighted by molar-refractivity contribution is 0.139. The van der Waals surface area contributed by atoms with Crippen LogP contribution in [0.15, 0.2) is 0 Å². The van der Waals surface area contributed by atoms with Crippen molar-refractivity contribution in [2.75, 3.05) is 25.1 Å². The summed E-state index contributed by atoms with van der Waals surface area (Å²) in [7, 11) is -2.86. The first kappa shape index (κ1) is 12.9. The Balaban J connectivity index is 2.50. The Morgan fingerprint density at radius 1 is 1.47 bits per heavy atom. The quantitative estimate of drug-likeness (QED) is 0.756. The molecule has 1 fully saturated rings. The molecule has 1 heterocycles. The van der Waals surface area contributed by atoms with Crippen LogP contribution in [0, 0.1) is 0 Å². The summed E-state index contributed by atoms with van der Waals surface area (Å²) >= 11 is 0. The van der Waals surface area contributed by atoms with Gasteiger partial charge in [0.25, 0.3) is 0 Å². The SMILES string of the molecule is CC(N)C1CCCCN1CCS(C)(=O)=O. The van der Waals surface area contributed by atoms with E-state index in [-0.39, 0.29) is 11.8 Å². The van der Waals surface area contributed by atoms with Gasteiger partial charge in [0.05, 0.1) is 5.75 Å². The first-order valence-corrected chi connectivity index (χ1v) is 7.63. The summed E-state index contributed by atoms with van der Waals surface area (Å²) in [6, 6.07) is 0.491. The van der Waals surface area contributed by atoms with Crippen molar-refractivity contribution in [3.8, 4) is 0 Å². The third-order valence-electron chi connectivity index (χ3n) is 3.02. The molecule has 1 rings (SSSR count). The molecule has 0 saturated carbocycles. The minimum atomic E-state index is -2.86. The topological polar surface area (TPSA) is 63.4 Å². The van der Waals surface area contributed by atoms with Gasteiger partial charge in [-0.2, -0.15) is 0 Å². The number of piperidine rings is 1. The minimum absolute atomic E-state index is 0.130. The molecule has 1 saturated heterocycles. The standard InChI is InChI=1S/C10H22N2O2S/c1-9(11)10-5-3-4-6-12(10)7-8-15(2,13)14/h9-10H,3-8,11H2,1-2H3. The van der Waals surface area contributed by atoms with Gasteiger partial charge in [-0.3, -0.25) is 4.90 Å². The van der Waals surface area contributed by atoms with Crippen molar-refractivity contribution >= 4 is 9.84 Å². The molecule has 15 heavy (non-hydrogen) atoms. The van der Waals surface area contributed by atoms with E-state index in [1.54, 1.807) is 0 Å².